The van der Waals surface area contributed by atoms with Crippen LogP contribution in [0.1, 0.15) is 32.6 Å². The van der Waals surface area contributed by atoms with Gasteiger partial charge in [0, 0.05) is 17.7 Å². The van der Waals surface area contributed by atoms with E-state index in [1.807, 2.05) is 0 Å². The monoisotopic (exact) mass is 341 g/mol. The van der Waals surface area contributed by atoms with Crippen molar-refractivity contribution in [1.29, 1.82) is 0 Å². The molecule has 0 aromatic heterocycles. The maximum absolute atomic E-state index is 14.8. The summed E-state index contributed by atoms with van der Waals surface area (Å²) in [5.41, 5.74) is 3.82. The third kappa shape index (κ3) is 2.32. The van der Waals surface area contributed by atoms with Crippen molar-refractivity contribution < 1.29 is 4.39 Å². The van der Waals surface area contributed by atoms with Gasteiger partial charge in [0.05, 0.1) is 20.2 Å². The molecule has 4 aliphatic rings. The van der Waals surface area contributed by atoms with Gasteiger partial charge in [0.15, 0.2) is 0 Å². The molecule has 3 unspecified atom stereocenters. The summed E-state index contributed by atoms with van der Waals surface area (Å²) < 4.78 is 14.8. The summed E-state index contributed by atoms with van der Waals surface area (Å²) in [6.07, 6.45) is 15.3. The molecular formula is C21H28FNSi. The van der Waals surface area contributed by atoms with E-state index in [0.717, 1.165) is 31.3 Å². The van der Waals surface area contributed by atoms with E-state index >= 15 is 0 Å². The highest BCUT2D eigenvalue weighted by Crippen LogP contribution is 2.49. The van der Waals surface area contributed by atoms with Gasteiger partial charge >= 0.3 is 0 Å². The third-order valence-corrected chi connectivity index (χ3v) is 7.96. The Morgan fingerprint density at radius 1 is 1.25 bits per heavy atom. The molecule has 4 rings (SSSR count). The van der Waals surface area contributed by atoms with Crippen molar-refractivity contribution in [3.63, 3.8) is 0 Å². The van der Waals surface area contributed by atoms with E-state index in [2.05, 4.69) is 55.9 Å². The zero-order valence-corrected chi connectivity index (χ0v) is 16.3. The Kier molecular flexibility index (Phi) is 3.75. The molecule has 2 aliphatic heterocycles. The molecule has 0 saturated carbocycles. The Morgan fingerprint density at radius 2 is 2.04 bits per heavy atom. The van der Waals surface area contributed by atoms with E-state index < -0.39 is 8.07 Å². The molecule has 0 spiro atoms. The molecule has 24 heavy (non-hydrogen) atoms. The second kappa shape index (κ2) is 5.59. The summed E-state index contributed by atoms with van der Waals surface area (Å²) in [5, 5.41) is 1.56. The van der Waals surface area contributed by atoms with E-state index in [0.29, 0.717) is 12.0 Å². The number of hydrogen-bond donors (Lipinski definition) is 0. The van der Waals surface area contributed by atoms with Crippen LogP contribution in [0.15, 0.2) is 58.2 Å². The number of nitrogens with zero attached hydrogens (tertiary/aromatic N) is 1. The maximum Gasteiger partial charge on any atom is 0.124 e. The Morgan fingerprint density at radius 3 is 2.67 bits per heavy atom. The van der Waals surface area contributed by atoms with Crippen molar-refractivity contribution in [2.75, 3.05) is 0 Å². The highest BCUT2D eigenvalue weighted by atomic mass is 28.3. The standard InChI is InChI=1S/C21H28FNSi/c1-5-7-14-12-19-21-16(8-6-9-17(21)22)15-10-11-18(15)23(19)13-20(14)24(2,3)4/h9-13,15,18-19H,5-8H2,1-4H3. The molecule has 0 radical (unpaired) electrons. The zero-order chi connectivity index (χ0) is 17.1. The van der Waals surface area contributed by atoms with E-state index in [9.17, 15) is 4.39 Å². The fraction of sp³-hybridized carbons (Fsp3) is 0.524. The van der Waals surface area contributed by atoms with Crippen molar-refractivity contribution >= 4 is 8.07 Å². The van der Waals surface area contributed by atoms with Crippen LogP contribution in [0.2, 0.25) is 19.6 Å². The topological polar surface area (TPSA) is 3.24 Å². The smallest absolute Gasteiger partial charge is 0.124 e. The molecule has 2 aliphatic carbocycles. The van der Waals surface area contributed by atoms with Crippen LogP contribution in [-0.2, 0) is 0 Å². The van der Waals surface area contributed by atoms with Crippen LogP contribution in [0.5, 0.6) is 0 Å². The van der Waals surface area contributed by atoms with Crippen molar-refractivity contribution in [2.24, 2.45) is 5.92 Å². The van der Waals surface area contributed by atoms with Gasteiger partial charge in [0.1, 0.15) is 5.83 Å². The van der Waals surface area contributed by atoms with Crippen molar-refractivity contribution in [1.82, 2.24) is 4.90 Å². The van der Waals surface area contributed by atoms with Gasteiger partial charge in [-0.15, -0.1) is 0 Å². The molecule has 3 heteroatoms. The maximum atomic E-state index is 14.8. The summed E-state index contributed by atoms with van der Waals surface area (Å²) in [5.74, 6) is 0.456. The first kappa shape index (κ1) is 16.1. The molecule has 0 aromatic rings. The van der Waals surface area contributed by atoms with Gasteiger partial charge in [0.25, 0.3) is 0 Å². The number of rotatable bonds is 3. The van der Waals surface area contributed by atoms with Crippen molar-refractivity contribution in [3.8, 4) is 0 Å². The Balaban J connectivity index is 1.84. The largest absolute Gasteiger partial charge is 0.360 e. The number of hydrogen-bond acceptors (Lipinski definition) is 1. The summed E-state index contributed by atoms with van der Waals surface area (Å²) in [4.78, 5) is 2.45. The number of allylic oxidation sites excluding steroid dienone is 3. The average Bonchev–Trinajstić information content (AvgIpc) is 2.46. The quantitative estimate of drug-likeness (QED) is 0.472. The fourth-order valence-corrected chi connectivity index (χ4v) is 6.41. The lowest BCUT2D eigenvalue weighted by Crippen LogP contribution is -2.53. The van der Waals surface area contributed by atoms with Gasteiger partial charge < -0.3 is 4.90 Å². The third-order valence-electron chi connectivity index (χ3n) is 5.90. The molecule has 128 valence electrons. The fourth-order valence-electron chi connectivity index (χ4n) is 4.70. The molecule has 2 heterocycles. The molecule has 1 nitrogen and oxygen atoms in total. The van der Waals surface area contributed by atoms with E-state index in [-0.39, 0.29) is 11.9 Å². The normalized spacial score (nSPS) is 31.5. The van der Waals surface area contributed by atoms with E-state index in [4.69, 9.17) is 0 Å². The summed E-state index contributed by atoms with van der Waals surface area (Å²) in [7, 11) is -1.42. The molecule has 0 bridgehead atoms. The average molecular weight is 342 g/mol. The first-order chi connectivity index (χ1) is 11.4. The molecule has 0 N–H and O–H groups in total. The first-order valence-electron chi connectivity index (χ1n) is 9.40. The minimum atomic E-state index is -1.42. The predicted molar refractivity (Wildman–Crippen MR) is 102 cm³/mol. The van der Waals surface area contributed by atoms with E-state index in [1.54, 1.807) is 11.3 Å². The molecule has 0 aromatic carbocycles. The highest BCUT2D eigenvalue weighted by molar-refractivity contribution is 6.84. The van der Waals surface area contributed by atoms with Crippen LogP contribution >= 0.6 is 0 Å². The van der Waals surface area contributed by atoms with Crippen LogP contribution in [-0.4, -0.2) is 25.1 Å². The zero-order valence-electron chi connectivity index (χ0n) is 15.3. The van der Waals surface area contributed by atoms with Crippen LogP contribution in [0.3, 0.4) is 0 Å². The molecule has 3 atom stereocenters. The summed E-state index contributed by atoms with van der Waals surface area (Å²) >= 11 is 0. The molecular weight excluding hydrogens is 313 g/mol. The second-order valence-electron chi connectivity index (χ2n) is 8.56. The first-order valence-corrected chi connectivity index (χ1v) is 12.9. The lowest BCUT2D eigenvalue weighted by atomic mass is 9.70. The van der Waals surface area contributed by atoms with Gasteiger partial charge in [-0.2, -0.15) is 0 Å². The molecule has 0 fully saturated rings. The predicted octanol–water partition coefficient (Wildman–Crippen LogP) is 5.67. The number of fused-ring (bicyclic) bond motifs is 5. The van der Waals surface area contributed by atoms with Crippen LogP contribution in [0.4, 0.5) is 4.39 Å². The van der Waals surface area contributed by atoms with Crippen LogP contribution in [0.25, 0.3) is 0 Å². The molecule has 0 saturated heterocycles. The van der Waals surface area contributed by atoms with Gasteiger partial charge in [-0.25, -0.2) is 4.39 Å². The Labute approximate surface area is 146 Å². The van der Waals surface area contributed by atoms with Crippen LogP contribution < -0.4 is 0 Å². The van der Waals surface area contributed by atoms with Gasteiger partial charge in [-0.1, -0.05) is 56.8 Å². The summed E-state index contributed by atoms with van der Waals surface area (Å²) in [6.45, 7) is 9.51. The van der Waals surface area contributed by atoms with Crippen molar-refractivity contribution in [3.05, 3.63) is 58.2 Å². The summed E-state index contributed by atoms with van der Waals surface area (Å²) in [6, 6.07) is 0.537. The van der Waals surface area contributed by atoms with Crippen molar-refractivity contribution in [2.45, 2.75) is 64.3 Å². The Hall–Kier alpha value is -1.35. The lowest BCUT2D eigenvalue weighted by molar-refractivity contribution is 0.211. The number of halogens is 1. The minimum absolute atomic E-state index is 0.0296. The van der Waals surface area contributed by atoms with Gasteiger partial charge in [0.2, 0.25) is 0 Å². The Bertz CT molecular complexity index is 717. The van der Waals surface area contributed by atoms with Gasteiger partial charge in [-0.05, 0) is 36.1 Å². The lowest BCUT2D eigenvalue weighted by Gasteiger charge is -2.52. The van der Waals surface area contributed by atoms with E-state index in [1.165, 1.54) is 11.1 Å². The highest BCUT2D eigenvalue weighted by Gasteiger charge is 2.45. The van der Waals surface area contributed by atoms with Gasteiger partial charge in [-0.3, -0.25) is 0 Å². The van der Waals surface area contributed by atoms with Crippen LogP contribution in [0, 0.1) is 5.92 Å². The SMILES string of the molecule is CCCC1=CC2C3=C(CCC=C3F)C3C=CC3N2C=C1[Si](C)(C)C. The minimum Gasteiger partial charge on any atom is -0.360 e. The second-order valence-corrected chi connectivity index (χ2v) is 13.6. The molecule has 0 amide bonds.